The summed E-state index contributed by atoms with van der Waals surface area (Å²) in [6.45, 7) is -1.09. The van der Waals surface area contributed by atoms with Gasteiger partial charge in [0, 0.05) is 11.8 Å². The fraction of sp³-hybridized carbons (Fsp3) is 0.0909. The van der Waals surface area contributed by atoms with Gasteiger partial charge < -0.3 is 19.5 Å². The normalized spacial score (nSPS) is 10.1. The zero-order chi connectivity index (χ0) is 22.1. The fourth-order valence-electron chi connectivity index (χ4n) is 2.48. The van der Waals surface area contributed by atoms with E-state index in [4.69, 9.17) is 14.2 Å². The molecule has 0 saturated heterocycles. The Balaban J connectivity index is 1.42. The number of nitro groups is 1. The Hall–Kier alpha value is -4.40. The summed E-state index contributed by atoms with van der Waals surface area (Å²) < 4.78 is 15.6. The third-order valence-electron chi connectivity index (χ3n) is 3.89. The van der Waals surface area contributed by atoms with Crippen molar-refractivity contribution in [1.82, 2.24) is 0 Å². The molecule has 3 rings (SSSR count). The van der Waals surface area contributed by atoms with Gasteiger partial charge >= 0.3 is 11.7 Å². The summed E-state index contributed by atoms with van der Waals surface area (Å²) in [5, 5.41) is 13.5. The fourth-order valence-corrected chi connectivity index (χ4v) is 2.48. The Labute approximate surface area is 177 Å². The van der Waals surface area contributed by atoms with Crippen LogP contribution in [0.5, 0.6) is 17.2 Å². The molecule has 0 radical (unpaired) electrons. The third kappa shape index (κ3) is 6.57. The highest BCUT2D eigenvalue weighted by molar-refractivity contribution is 5.92. The maximum absolute atomic E-state index is 12.0. The average Bonchev–Trinajstić information content (AvgIpc) is 2.78. The highest BCUT2D eigenvalue weighted by atomic mass is 16.6. The molecule has 0 aromatic heterocycles. The molecular formula is C22H18N2O7. The number of nitrogens with zero attached hydrogens (tertiary/aromatic N) is 1. The molecule has 1 amide bonds. The van der Waals surface area contributed by atoms with Crippen LogP contribution in [0.2, 0.25) is 0 Å². The van der Waals surface area contributed by atoms with Crippen LogP contribution >= 0.6 is 0 Å². The van der Waals surface area contributed by atoms with Gasteiger partial charge in [0.05, 0.1) is 4.92 Å². The van der Waals surface area contributed by atoms with Crippen molar-refractivity contribution >= 4 is 23.3 Å². The number of anilines is 1. The molecule has 0 unspecified atom stereocenters. The van der Waals surface area contributed by atoms with Gasteiger partial charge in [-0.05, 0) is 42.5 Å². The predicted molar refractivity (Wildman–Crippen MR) is 111 cm³/mol. The molecule has 0 aliphatic carbocycles. The smallest absolute Gasteiger partial charge is 0.344 e. The van der Waals surface area contributed by atoms with E-state index in [1.54, 1.807) is 24.3 Å². The van der Waals surface area contributed by atoms with Crippen LogP contribution in [0.1, 0.15) is 0 Å². The summed E-state index contributed by atoms with van der Waals surface area (Å²) in [5.41, 5.74) is 0.227. The van der Waals surface area contributed by atoms with Crippen molar-refractivity contribution in [3.63, 3.8) is 0 Å². The molecule has 31 heavy (non-hydrogen) atoms. The third-order valence-corrected chi connectivity index (χ3v) is 3.89. The SMILES string of the molecule is O=C(COC(=O)COc1ccccc1[N+](=O)[O-])Nc1ccc(Oc2ccccc2)cc1. The zero-order valence-electron chi connectivity index (χ0n) is 16.2. The maximum atomic E-state index is 12.0. The summed E-state index contributed by atoms with van der Waals surface area (Å²) in [6, 6.07) is 21.6. The van der Waals surface area contributed by atoms with Gasteiger partial charge in [0.2, 0.25) is 0 Å². The molecule has 9 heteroatoms. The molecule has 0 heterocycles. The molecule has 0 saturated carbocycles. The summed E-state index contributed by atoms with van der Waals surface area (Å²) in [5.74, 6) is -0.153. The number of ether oxygens (including phenoxy) is 3. The van der Waals surface area contributed by atoms with E-state index >= 15 is 0 Å². The van der Waals surface area contributed by atoms with E-state index in [0.717, 1.165) is 0 Å². The molecule has 0 fully saturated rings. The Morgan fingerprint density at radius 1 is 0.839 bits per heavy atom. The Morgan fingerprint density at radius 2 is 1.48 bits per heavy atom. The van der Waals surface area contributed by atoms with Gasteiger partial charge in [-0.3, -0.25) is 14.9 Å². The Bertz CT molecular complexity index is 1050. The van der Waals surface area contributed by atoms with E-state index in [1.807, 2.05) is 30.3 Å². The van der Waals surface area contributed by atoms with Crippen molar-refractivity contribution in [2.45, 2.75) is 0 Å². The van der Waals surface area contributed by atoms with Crippen LogP contribution in [0, 0.1) is 10.1 Å². The van der Waals surface area contributed by atoms with Crippen LogP contribution < -0.4 is 14.8 Å². The lowest BCUT2D eigenvalue weighted by molar-refractivity contribution is -0.385. The van der Waals surface area contributed by atoms with Gasteiger partial charge in [0.15, 0.2) is 19.0 Å². The lowest BCUT2D eigenvalue weighted by atomic mass is 10.3. The largest absolute Gasteiger partial charge is 0.475 e. The van der Waals surface area contributed by atoms with Crippen LogP contribution in [0.25, 0.3) is 0 Å². The quantitative estimate of drug-likeness (QED) is 0.315. The molecule has 0 atom stereocenters. The highest BCUT2D eigenvalue weighted by Gasteiger charge is 2.16. The molecule has 1 N–H and O–H groups in total. The average molecular weight is 422 g/mol. The van der Waals surface area contributed by atoms with Gasteiger partial charge in [-0.1, -0.05) is 30.3 Å². The van der Waals surface area contributed by atoms with Gasteiger partial charge in [0.1, 0.15) is 11.5 Å². The number of hydrogen-bond donors (Lipinski definition) is 1. The van der Waals surface area contributed by atoms with Crippen molar-refractivity contribution < 1.29 is 28.7 Å². The molecule has 9 nitrogen and oxygen atoms in total. The summed E-state index contributed by atoms with van der Waals surface area (Å²) in [4.78, 5) is 34.0. The minimum atomic E-state index is -0.833. The predicted octanol–water partition coefficient (Wildman–Crippen LogP) is 3.95. The molecule has 3 aromatic rings. The topological polar surface area (TPSA) is 117 Å². The van der Waals surface area contributed by atoms with Gasteiger partial charge in [0.25, 0.3) is 5.91 Å². The first-order valence-electron chi connectivity index (χ1n) is 9.16. The number of rotatable bonds is 9. The van der Waals surface area contributed by atoms with Crippen LogP contribution in [-0.2, 0) is 14.3 Å². The Morgan fingerprint density at radius 3 is 2.19 bits per heavy atom. The van der Waals surface area contributed by atoms with Gasteiger partial charge in [-0.25, -0.2) is 4.79 Å². The molecule has 0 aliphatic rings. The van der Waals surface area contributed by atoms with E-state index in [9.17, 15) is 19.7 Å². The summed E-state index contributed by atoms with van der Waals surface area (Å²) in [7, 11) is 0. The second kappa shape index (κ2) is 10.4. The van der Waals surface area contributed by atoms with Crippen LogP contribution in [0.4, 0.5) is 11.4 Å². The molecule has 158 valence electrons. The van der Waals surface area contributed by atoms with E-state index < -0.39 is 30.0 Å². The van der Waals surface area contributed by atoms with Crippen molar-refractivity contribution in [1.29, 1.82) is 0 Å². The molecular weight excluding hydrogens is 404 g/mol. The monoisotopic (exact) mass is 422 g/mol. The van der Waals surface area contributed by atoms with E-state index in [0.29, 0.717) is 17.2 Å². The summed E-state index contributed by atoms with van der Waals surface area (Å²) >= 11 is 0. The van der Waals surface area contributed by atoms with Crippen molar-refractivity contribution in [3.8, 4) is 17.2 Å². The number of carbonyl (C=O) groups excluding carboxylic acids is 2. The molecule has 3 aromatic carbocycles. The van der Waals surface area contributed by atoms with E-state index in [1.165, 1.54) is 24.3 Å². The second-order valence-electron chi connectivity index (χ2n) is 6.16. The number of nitrogens with one attached hydrogen (secondary N) is 1. The molecule has 0 bridgehead atoms. The van der Waals surface area contributed by atoms with Gasteiger partial charge in [-0.15, -0.1) is 0 Å². The lowest BCUT2D eigenvalue weighted by Gasteiger charge is -2.09. The van der Waals surface area contributed by atoms with Gasteiger partial charge in [-0.2, -0.15) is 0 Å². The first kappa shape index (κ1) is 21.3. The van der Waals surface area contributed by atoms with Crippen molar-refractivity contribution in [3.05, 3.63) is 89.0 Å². The van der Waals surface area contributed by atoms with Crippen LogP contribution in [0.3, 0.4) is 0 Å². The standard InChI is InChI=1S/C22H18N2O7/c25-21(14-30-22(26)15-29-20-9-5-4-8-19(20)24(27)28)23-16-10-12-18(13-11-16)31-17-6-2-1-3-7-17/h1-13H,14-15H2,(H,23,25). The second-order valence-corrected chi connectivity index (χ2v) is 6.16. The highest BCUT2D eigenvalue weighted by Crippen LogP contribution is 2.25. The van der Waals surface area contributed by atoms with Crippen LogP contribution in [0.15, 0.2) is 78.9 Å². The zero-order valence-corrected chi connectivity index (χ0v) is 16.2. The first-order valence-corrected chi connectivity index (χ1v) is 9.16. The van der Waals surface area contributed by atoms with Crippen molar-refractivity contribution in [2.24, 2.45) is 0 Å². The lowest BCUT2D eigenvalue weighted by Crippen LogP contribution is -2.23. The number of benzene rings is 3. The molecule has 0 spiro atoms. The number of amides is 1. The van der Waals surface area contributed by atoms with E-state index in [-0.39, 0.29) is 11.4 Å². The minimum Gasteiger partial charge on any atom is -0.475 e. The minimum absolute atomic E-state index is 0.0632. The number of hydrogen-bond acceptors (Lipinski definition) is 7. The number of para-hydroxylation sites is 3. The maximum Gasteiger partial charge on any atom is 0.344 e. The van der Waals surface area contributed by atoms with E-state index in [2.05, 4.69) is 5.32 Å². The number of carbonyl (C=O) groups is 2. The molecule has 0 aliphatic heterocycles. The van der Waals surface area contributed by atoms with Crippen molar-refractivity contribution in [2.75, 3.05) is 18.5 Å². The number of esters is 1. The Kier molecular flexibility index (Phi) is 7.15. The summed E-state index contributed by atoms with van der Waals surface area (Å²) in [6.07, 6.45) is 0. The van der Waals surface area contributed by atoms with Crippen LogP contribution in [-0.4, -0.2) is 30.0 Å². The first-order chi connectivity index (χ1) is 15.0. The number of nitro benzene ring substituents is 1.